The molecule has 13 heteroatoms. The predicted octanol–water partition coefficient (Wildman–Crippen LogP) is 6.72. The summed E-state index contributed by atoms with van der Waals surface area (Å²) in [4.78, 5) is 18.4. The number of carboxylic acids is 1. The minimum atomic E-state index is -1.59. The quantitative estimate of drug-likeness (QED) is 0.0894. The van der Waals surface area contributed by atoms with Crippen molar-refractivity contribution < 1.29 is 34.3 Å². The second kappa shape index (κ2) is 16.4. The number of likely N-dealkylation sites (tertiary alicyclic amines) is 1. The summed E-state index contributed by atoms with van der Waals surface area (Å²) in [6, 6.07) is 19.1. The third kappa shape index (κ3) is 8.41. The number of pyridine rings is 1. The van der Waals surface area contributed by atoms with Gasteiger partial charge >= 0.3 is 5.97 Å². The van der Waals surface area contributed by atoms with Crippen LogP contribution in [0.3, 0.4) is 0 Å². The summed E-state index contributed by atoms with van der Waals surface area (Å²) in [5.74, 6) is 0.229. The van der Waals surface area contributed by atoms with Crippen molar-refractivity contribution >= 4 is 29.2 Å². The molecule has 2 atom stereocenters. The Labute approximate surface area is 330 Å². The average Bonchev–Trinajstić information content (AvgIpc) is 3.57. The van der Waals surface area contributed by atoms with Gasteiger partial charge in [-0.25, -0.2) is 0 Å². The lowest BCUT2D eigenvalue weighted by molar-refractivity contribution is -0.145. The van der Waals surface area contributed by atoms with Crippen LogP contribution in [0.4, 0.5) is 0 Å². The first-order chi connectivity index (χ1) is 26.5. The van der Waals surface area contributed by atoms with Crippen molar-refractivity contribution in [2.24, 2.45) is 5.41 Å². The summed E-state index contributed by atoms with van der Waals surface area (Å²) >= 11 is 13.8. The number of benzene rings is 3. The van der Waals surface area contributed by atoms with Gasteiger partial charge in [0, 0.05) is 66.7 Å². The van der Waals surface area contributed by atoms with Gasteiger partial charge < -0.3 is 34.4 Å². The van der Waals surface area contributed by atoms with Crippen molar-refractivity contribution in [3.63, 3.8) is 0 Å². The van der Waals surface area contributed by atoms with Crippen LogP contribution >= 0.6 is 23.2 Å². The van der Waals surface area contributed by atoms with E-state index in [0.717, 1.165) is 67.6 Å². The van der Waals surface area contributed by atoms with E-state index in [4.69, 9.17) is 37.4 Å². The number of aliphatic hydroxyl groups is 2. The molecular weight excluding hydrogens is 743 g/mol. The van der Waals surface area contributed by atoms with Crippen LogP contribution in [0.25, 0.3) is 11.1 Å². The van der Waals surface area contributed by atoms with Crippen LogP contribution in [0.5, 0.6) is 17.2 Å². The van der Waals surface area contributed by atoms with Gasteiger partial charge in [0.1, 0.15) is 41.6 Å². The minimum Gasteiger partial charge on any atom is -0.492 e. The van der Waals surface area contributed by atoms with Gasteiger partial charge in [-0.15, -0.1) is 0 Å². The van der Waals surface area contributed by atoms with Crippen LogP contribution in [0.15, 0.2) is 67.0 Å². The Balaban J connectivity index is 1.06. The van der Waals surface area contributed by atoms with Gasteiger partial charge in [-0.1, -0.05) is 53.5 Å². The topological polar surface area (TPSA) is 157 Å². The van der Waals surface area contributed by atoms with Crippen molar-refractivity contribution in [3.8, 4) is 34.4 Å². The Hall–Kier alpha value is -4.41. The van der Waals surface area contributed by atoms with E-state index >= 15 is 0 Å². The molecule has 7 rings (SSSR count). The fourth-order valence-corrected chi connectivity index (χ4v) is 8.43. The first-order valence-corrected chi connectivity index (χ1v) is 19.2. The Bertz CT molecular complexity index is 2090. The van der Waals surface area contributed by atoms with Crippen LogP contribution in [-0.2, 0) is 24.4 Å². The highest BCUT2D eigenvalue weighted by molar-refractivity contribution is 6.35. The van der Waals surface area contributed by atoms with E-state index in [0.29, 0.717) is 62.4 Å². The normalized spacial score (nSPS) is 18.4. The second-order valence-electron chi connectivity index (χ2n) is 15.1. The molecule has 2 fully saturated rings. The smallest absolute Gasteiger partial charge is 0.326 e. The number of aliphatic carboxylic acids is 1. The summed E-state index contributed by atoms with van der Waals surface area (Å²) in [5.41, 5.74) is 4.44. The molecule has 2 aliphatic carbocycles. The molecule has 3 aromatic carbocycles. The summed E-state index contributed by atoms with van der Waals surface area (Å²) in [6.45, 7) is 4.51. The van der Waals surface area contributed by atoms with Gasteiger partial charge in [-0.3, -0.25) is 15.1 Å². The molecule has 1 saturated heterocycles. The standard InChI is InChI=1S/C42H44Cl2N4O7/c1-41(25-49,40(51)52)47-21-28-14-34(43)38(15-37(28)54-22-27-13-26(18-45)19-46-20-27)55-35-10-9-31-30(5-2-6-32(31)35)33-7-3-8-36(39(33)44)53-12-4-11-48-23-42(24-48)16-29(50)17-42/h2-3,5-8,13-15,19-20,29,35,47,49-50H,4,9-12,16-17,21-25H2,1H3,(H,51,52)/t35-,41?/m0/s1. The molecular formula is C42H44Cl2N4O7. The maximum absolute atomic E-state index is 11.9. The lowest BCUT2D eigenvalue weighted by Crippen LogP contribution is -2.63. The number of hydrogen-bond acceptors (Lipinski definition) is 10. The van der Waals surface area contributed by atoms with Crippen molar-refractivity contribution in [3.05, 3.63) is 105 Å². The molecule has 4 aromatic rings. The Morgan fingerprint density at radius 2 is 1.85 bits per heavy atom. The van der Waals surface area contributed by atoms with Gasteiger partial charge in [0.15, 0.2) is 0 Å². The fourth-order valence-electron chi connectivity index (χ4n) is 7.92. The van der Waals surface area contributed by atoms with E-state index in [1.165, 1.54) is 13.1 Å². The molecule has 288 valence electrons. The largest absolute Gasteiger partial charge is 0.492 e. The van der Waals surface area contributed by atoms with Gasteiger partial charge in [0.25, 0.3) is 0 Å². The number of rotatable bonds is 16. The number of nitriles is 1. The van der Waals surface area contributed by atoms with E-state index in [-0.39, 0.29) is 25.4 Å². The van der Waals surface area contributed by atoms with Gasteiger partial charge in [-0.2, -0.15) is 5.26 Å². The number of halogens is 2. The molecule has 3 aliphatic rings. The van der Waals surface area contributed by atoms with Crippen LogP contribution < -0.4 is 19.5 Å². The molecule has 0 amide bonds. The molecule has 0 radical (unpaired) electrons. The van der Waals surface area contributed by atoms with Crippen LogP contribution in [0.1, 0.15) is 66.5 Å². The number of carbonyl (C=O) groups is 1. The van der Waals surface area contributed by atoms with Gasteiger partial charge in [-0.05, 0) is 73.9 Å². The maximum Gasteiger partial charge on any atom is 0.326 e. The highest BCUT2D eigenvalue weighted by Gasteiger charge is 2.51. The molecule has 4 N–H and O–H groups in total. The van der Waals surface area contributed by atoms with Crippen LogP contribution in [0.2, 0.25) is 10.0 Å². The third-order valence-electron chi connectivity index (χ3n) is 11.0. The highest BCUT2D eigenvalue weighted by Crippen LogP contribution is 2.48. The van der Waals surface area contributed by atoms with Crippen molar-refractivity contribution in [2.75, 3.05) is 32.8 Å². The summed E-state index contributed by atoms with van der Waals surface area (Å²) < 4.78 is 19.0. The molecule has 55 heavy (non-hydrogen) atoms. The zero-order chi connectivity index (χ0) is 38.7. The van der Waals surface area contributed by atoms with E-state index in [1.807, 2.05) is 24.3 Å². The molecule has 0 bridgehead atoms. The number of aromatic nitrogens is 1. The SMILES string of the molecule is CC(CO)(NCc1cc(Cl)c(O[C@H]2CCc3c(-c4cccc(OCCCN5CC6(CC(O)C6)C5)c4Cl)cccc32)cc1OCc1cncc(C#N)c1)C(=O)O. The molecule has 1 unspecified atom stereocenters. The summed E-state index contributed by atoms with van der Waals surface area (Å²) in [6.07, 6.45) is 6.84. The molecule has 2 heterocycles. The number of hydrogen-bond donors (Lipinski definition) is 4. The zero-order valence-corrected chi connectivity index (χ0v) is 32.1. The van der Waals surface area contributed by atoms with E-state index in [9.17, 15) is 25.4 Å². The Morgan fingerprint density at radius 1 is 1.07 bits per heavy atom. The van der Waals surface area contributed by atoms with Crippen LogP contribution in [-0.4, -0.2) is 75.7 Å². The van der Waals surface area contributed by atoms with E-state index in [2.05, 4.69) is 33.4 Å². The number of ether oxygens (including phenoxy) is 3. The fraction of sp³-hybridized carbons (Fsp3) is 0.405. The van der Waals surface area contributed by atoms with Crippen molar-refractivity contribution in [1.29, 1.82) is 5.26 Å². The lowest BCUT2D eigenvalue weighted by atomic mass is 9.62. The molecule has 1 aromatic heterocycles. The number of fused-ring (bicyclic) bond motifs is 1. The number of aliphatic hydroxyl groups excluding tert-OH is 2. The van der Waals surface area contributed by atoms with Crippen LogP contribution in [0, 0.1) is 16.7 Å². The van der Waals surface area contributed by atoms with Crippen molar-refractivity contribution in [2.45, 2.75) is 69.9 Å². The number of nitrogens with one attached hydrogen (secondary N) is 1. The maximum atomic E-state index is 11.9. The molecule has 11 nitrogen and oxygen atoms in total. The molecule has 1 spiro atoms. The first-order valence-electron chi connectivity index (χ1n) is 18.5. The zero-order valence-electron chi connectivity index (χ0n) is 30.6. The highest BCUT2D eigenvalue weighted by atomic mass is 35.5. The van der Waals surface area contributed by atoms with E-state index in [1.54, 1.807) is 24.4 Å². The third-order valence-corrected chi connectivity index (χ3v) is 11.6. The number of carboxylic acid groups (broad SMARTS) is 1. The van der Waals surface area contributed by atoms with E-state index < -0.39 is 18.1 Å². The average molecular weight is 788 g/mol. The monoisotopic (exact) mass is 786 g/mol. The Morgan fingerprint density at radius 3 is 2.60 bits per heavy atom. The minimum absolute atomic E-state index is 0.0270. The summed E-state index contributed by atoms with van der Waals surface area (Å²) in [7, 11) is 0. The molecule has 1 aliphatic heterocycles. The van der Waals surface area contributed by atoms with Crippen molar-refractivity contribution in [1.82, 2.24) is 15.2 Å². The lowest BCUT2D eigenvalue weighted by Gasteiger charge is -2.58. The molecule has 1 saturated carbocycles. The predicted molar refractivity (Wildman–Crippen MR) is 208 cm³/mol. The van der Waals surface area contributed by atoms with Gasteiger partial charge in [0.05, 0.1) is 34.9 Å². The second-order valence-corrected chi connectivity index (χ2v) is 15.9. The Kier molecular flexibility index (Phi) is 11.6. The summed E-state index contributed by atoms with van der Waals surface area (Å²) in [5, 5.41) is 42.2. The first kappa shape index (κ1) is 38.8. The number of nitrogens with zero attached hydrogens (tertiary/aromatic N) is 3. The van der Waals surface area contributed by atoms with Gasteiger partial charge in [0.2, 0.25) is 0 Å².